The SMILES string of the molecule is CC(=O)N(NC(=O)c1ccccc1)[C@H]1c2cc(C#N)ccc2OC(C)(C)[C@@H]1O. The topological polar surface area (TPSA) is 103 Å². The van der Waals surface area contributed by atoms with Gasteiger partial charge in [-0.05, 0) is 44.2 Å². The van der Waals surface area contributed by atoms with Crippen molar-refractivity contribution in [1.29, 1.82) is 5.26 Å². The number of aliphatic hydroxyl groups excluding tert-OH is 1. The Morgan fingerprint density at radius 2 is 1.89 bits per heavy atom. The Kier molecular flexibility index (Phi) is 5.08. The van der Waals surface area contributed by atoms with Crippen LogP contribution >= 0.6 is 0 Å². The van der Waals surface area contributed by atoms with Gasteiger partial charge >= 0.3 is 0 Å². The molecular formula is C21H21N3O4. The minimum atomic E-state index is -1.14. The van der Waals surface area contributed by atoms with Gasteiger partial charge in [0.2, 0.25) is 5.91 Å². The van der Waals surface area contributed by atoms with E-state index in [1.807, 2.05) is 6.07 Å². The first-order valence-electron chi connectivity index (χ1n) is 8.81. The van der Waals surface area contributed by atoms with Gasteiger partial charge in [-0.1, -0.05) is 18.2 Å². The standard InChI is InChI=1S/C21H21N3O4/c1-13(25)24(23-20(27)15-7-5-4-6-8-15)18-16-11-14(12-22)9-10-17(16)28-21(2,3)19(18)26/h4-11,18-19,26H,1-3H3,(H,23,27)/t18-,19+/m0/s1. The molecule has 0 aromatic heterocycles. The summed E-state index contributed by atoms with van der Waals surface area (Å²) >= 11 is 0. The number of rotatable bonds is 2. The number of aliphatic hydroxyl groups is 1. The van der Waals surface area contributed by atoms with Gasteiger partial charge in [0, 0.05) is 18.1 Å². The highest BCUT2D eigenvalue weighted by Gasteiger charge is 2.47. The van der Waals surface area contributed by atoms with E-state index < -0.39 is 29.6 Å². The molecule has 2 aromatic carbocycles. The van der Waals surface area contributed by atoms with Crippen LogP contribution in [0.3, 0.4) is 0 Å². The molecule has 2 amide bonds. The van der Waals surface area contributed by atoms with E-state index in [-0.39, 0.29) is 0 Å². The van der Waals surface area contributed by atoms with Crippen molar-refractivity contribution in [1.82, 2.24) is 10.4 Å². The number of nitrogens with zero attached hydrogens (tertiary/aromatic N) is 2. The number of fused-ring (bicyclic) bond motifs is 1. The van der Waals surface area contributed by atoms with Crippen molar-refractivity contribution < 1.29 is 19.4 Å². The lowest BCUT2D eigenvalue weighted by Crippen LogP contribution is -2.58. The fourth-order valence-electron chi connectivity index (χ4n) is 3.22. The van der Waals surface area contributed by atoms with Gasteiger partial charge in [0.05, 0.1) is 11.6 Å². The molecule has 7 nitrogen and oxygen atoms in total. The second-order valence-electron chi connectivity index (χ2n) is 7.16. The maximum absolute atomic E-state index is 12.6. The van der Waals surface area contributed by atoms with Crippen LogP contribution in [0.5, 0.6) is 5.75 Å². The summed E-state index contributed by atoms with van der Waals surface area (Å²) in [6.45, 7) is 4.70. The molecular weight excluding hydrogens is 358 g/mol. The lowest BCUT2D eigenvalue weighted by Gasteiger charge is -2.45. The Labute approximate surface area is 163 Å². The number of carbonyl (C=O) groups is 2. The van der Waals surface area contributed by atoms with Crippen LogP contribution in [0.25, 0.3) is 0 Å². The van der Waals surface area contributed by atoms with E-state index in [4.69, 9.17) is 4.74 Å². The van der Waals surface area contributed by atoms with Crippen molar-refractivity contribution in [2.75, 3.05) is 0 Å². The van der Waals surface area contributed by atoms with E-state index in [2.05, 4.69) is 5.43 Å². The maximum Gasteiger partial charge on any atom is 0.269 e. The lowest BCUT2D eigenvalue weighted by molar-refractivity contribution is -0.147. The zero-order valence-electron chi connectivity index (χ0n) is 15.8. The molecule has 0 fully saturated rings. The number of carbonyl (C=O) groups excluding carboxylic acids is 2. The van der Waals surface area contributed by atoms with Crippen LogP contribution in [0.15, 0.2) is 48.5 Å². The monoisotopic (exact) mass is 379 g/mol. The van der Waals surface area contributed by atoms with Crippen LogP contribution in [-0.4, -0.2) is 33.6 Å². The van der Waals surface area contributed by atoms with Gasteiger partial charge in [0.15, 0.2) is 0 Å². The fraction of sp³-hybridized carbons (Fsp3) is 0.286. The Bertz CT molecular complexity index is 950. The van der Waals surface area contributed by atoms with Crippen molar-refractivity contribution in [2.24, 2.45) is 0 Å². The third-order valence-electron chi connectivity index (χ3n) is 4.72. The highest BCUT2D eigenvalue weighted by Crippen LogP contribution is 2.42. The van der Waals surface area contributed by atoms with Gasteiger partial charge in [-0.2, -0.15) is 5.26 Å². The predicted molar refractivity (Wildman–Crippen MR) is 101 cm³/mol. The number of hydrogen-bond acceptors (Lipinski definition) is 5. The third kappa shape index (κ3) is 3.55. The molecule has 1 heterocycles. The van der Waals surface area contributed by atoms with Crippen LogP contribution in [0.1, 0.15) is 48.3 Å². The minimum Gasteiger partial charge on any atom is -0.485 e. The first-order valence-corrected chi connectivity index (χ1v) is 8.81. The van der Waals surface area contributed by atoms with Crippen LogP contribution in [0.2, 0.25) is 0 Å². The second kappa shape index (κ2) is 7.33. The summed E-state index contributed by atoms with van der Waals surface area (Å²) in [5.74, 6) is -0.496. The summed E-state index contributed by atoms with van der Waals surface area (Å²) in [7, 11) is 0. The Morgan fingerprint density at radius 3 is 2.50 bits per heavy atom. The highest BCUT2D eigenvalue weighted by atomic mass is 16.5. The molecule has 0 saturated carbocycles. The molecule has 144 valence electrons. The van der Waals surface area contributed by atoms with Crippen LogP contribution in [0.4, 0.5) is 0 Å². The van der Waals surface area contributed by atoms with Gasteiger partial charge in [-0.3, -0.25) is 15.0 Å². The zero-order chi connectivity index (χ0) is 20.5. The second-order valence-corrected chi connectivity index (χ2v) is 7.16. The molecule has 0 radical (unpaired) electrons. The van der Waals surface area contributed by atoms with Gasteiger partial charge in [0.25, 0.3) is 5.91 Å². The normalized spacial score (nSPS) is 19.5. The minimum absolute atomic E-state index is 0.358. The maximum atomic E-state index is 12.6. The molecule has 28 heavy (non-hydrogen) atoms. The summed E-state index contributed by atoms with van der Waals surface area (Å²) in [6.07, 6.45) is -1.14. The molecule has 2 atom stereocenters. The van der Waals surface area contributed by atoms with E-state index in [0.29, 0.717) is 22.4 Å². The quantitative estimate of drug-likeness (QED) is 0.780. The number of nitrogens with one attached hydrogen (secondary N) is 1. The molecule has 2 aromatic rings. The van der Waals surface area contributed by atoms with Gasteiger partial charge < -0.3 is 9.84 Å². The molecule has 0 saturated heterocycles. The summed E-state index contributed by atoms with van der Waals surface area (Å²) in [5, 5.41) is 21.3. The summed E-state index contributed by atoms with van der Waals surface area (Å²) in [5.41, 5.74) is 2.77. The van der Waals surface area contributed by atoms with E-state index in [1.54, 1.807) is 62.4 Å². The number of hydrazine groups is 1. The first kappa shape index (κ1) is 19.4. The number of benzene rings is 2. The molecule has 3 rings (SSSR count). The van der Waals surface area contributed by atoms with Crippen molar-refractivity contribution >= 4 is 11.8 Å². The number of hydrogen-bond donors (Lipinski definition) is 2. The summed E-state index contributed by atoms with van der Waals surface area (Å²) in [4.78, 5) is 25.1. The Hall–Kier alpha value is -3.37. The molecule has 7 heteroatoms. The summed E-state index contributed by atoms with van der Waals surface area (Å²) < 4.78 is 5.87. The van der Waals surface area contributed by atoms with Crippen molar-refractivity contribution in [3.05, 3.63) is 65.2 Å². The van der Waals surface area contributed by atoms with Crippen LogP contribution in [0, 0.1) is 11.3 Å². The number of amides is 2. The summed E-state index contributed by atoms with van der Waals surface area (Å²) in [6, 6.07) is 14.4. The van der Waals surface area contributed by atoms with E-state index >= 15 is 0 Å². The highest BCUT2D eigenvalue weighted by molar-refractivity contribution is 5.95. The predicted octanol–water partition coefficient (Wildman–Crippen LogP) is 2.32. The molecule has 1 aliphatic rings. The molecule has 0 aliphatic carbocycles. The fourth-order valence-corrected chi connectivity index (χ4v) is 3.22. The largest absolute Gasteiger partial charge is 0.485 e. The molecule has 0 spiro atoms. The van der Waals surface area contributed by atoms with Crippen molar-refractivity contribution in [2.45, 2.75) is 38.5 Å². The smallest absolute Gasteiger partial charge is 0.269 e. The number of nitriles is 1. The molecule has 0 unspecified atom stereocenters. The van der Waals surface area contributed by atoms with Gasteiger partial charge in [0.1, 0.15) is 23.5 Å². The Morgan fingerprint density at radius 1 is 1.21 bits per heavy atom. The van der Waals surface area contributed by atoms with Gasteiger partial charge in [-0.25, -0.2) is 5.01 Å². The van der Waals surface area contributed by atoms with E-state index in [9.17, 15) is 20.0 Å². The van der Waals surface area contributed by atoms with Gasteiger partial charge in [-0.15, -0.1) is 0 Å². The van der Waals surface area contributed by atoms with Crippen LogP contribution in [-0.2, 0) is 4.79 Å². The lowest BCUT2D eigenvalue weighted by atomic mass is 9.85. The van der Waals surface area contributed by atoms with Crippen molar-refractivity contribution in [3.8, 4) is 11.8 Å². The Balaban J connectivity index is 2.05. The van der Waals surface area contributed by atoms with E-state index in [0.717, 1.165) is 5.01 Å². The van der Waals surface area contributed by atoms with Crippen LogP contribution < -0.4 is 10.2 Å². The molecule has 1 aliphatic heterocycles. The molecule has 2 N–H and O–H groups in total. The number of ether oxygens (including phenoxy) is 1. The average Bonchev–Trinajstić information content (AvgIpc) is 2.67. The van der Waals surface area contributed by atoms with Crippen molar-refractivity contribution in [3.63, 3.8) is 0 Å². The van der Waals surface area contributed by atoms with E-state index in [1.165, 1.54) is 6.92 Å². The average molecular weight is 379 g/mol. The first-order chi connectivity index (χ1) is 13.2. The third-order valence-corrected chi connectivity index (χ3v) is 4.72. The molecule has 0 bridgehead atoms. The zero-order valence-corrected chi connectivity index (χ0v) is 15.8.